The van der Waals surface area contributed by atoms with E-state index in [1.807, 2.05) is 24.3 Å². The molecule has 1 aromatic carbocycles. The molecule has 0 saturated carbocycles. The van der Waals surface area contributed by atoms with E-state index >= 15 is 0 Å². The number of carboxylic acid groups (broad SMARTS) is 1. The Balaban J connectivity index is 0.000000980. The van der Waals surface area contributed by atoms with Crippen molar-refractivity contribution in [2.24, 2.45) is 0 Å². The number of hydrogen-bond donors (Lipinski definition) is 1. The van der Waals surface area contributed by atoms with Crippen molar-refractivity contribution in [3.05, 3.63) is 29.8 Å². The Kier molecular flexibility index (Phi) is 3.98. The van der Waals surface area contributed by atoms with Crippen LogP contribution in [0.5, 0.6) is 0 Å². The fourth-order valence-electron chi connectivity index (χ4n) is 1.62. The summed E-state index contributed by atoms with van der Waals surface area (Å²) in [5.74, 6) is -1.02. The number of anilines is 1. The molecule has 0 aliphatic carbocycles. The molecular weight excluding hydrogens is 189 g/mol. The fraction of sp³-hybridized carbons (Fsp3) is 0.300. The van der Waals surface area contributed by atoms with Crippen LogP contribution >= 0.6 is 0 Å². The minimum Gasteiger partial charge on any atom is -0.548 e. The van der Waals surface area contributed by atoms with Gasteiger partial charge in [-0.2, -0.15) is 0 Å². The average Bonchev–Trinajstić information content (AvgIpc) is 2.17. The second kappa shape index (κ2) is 4.82. The molecule has 1 N–H and O–H groups in total. The summed E-state index contributed by atoms with van der Waals surface area (Å²) in [7, 11) is 0. The Morgan fingerprint density at radius 2 is 2.14 bits per heavy atom. The van der Waals surface area contributed by atoms with Crippen molar-refractivity contribution in [2.75, 3.05) is 5.32 Å². The molecule has 0 fully saturated rings. The van der Waals surface area contributed by atoms with Gasteiger partial charge in [-0.25, -0.2) is 0 Å². The number of carbonyl (C=O) groups excluding carboxylic acids is 1. The van der Waals surface area contributed by atoms with Gasteiger partial charge in [0.15, 0.2) is 0 Å². The predicted molar refractivity (Wildman–Crippen MR) is 47.2 cm³/mol. The number of carbonyl (C=O) groups is 1. The van der Waals surface area contributed by atoms with Gasteiger partial charge in [0.05, 0.1) is 12.0 Å². The van der Waals surface area contributed by atoms with Crippen molar-refractivity contribution in [3.63, 3.8) is 0 Å². The standard InChI is InChI=1S/C10H11NO2.Na/c12-10(13)9-6-5-7-3-1-2-4-8(7)11-9;/h1-4,9,11H,5-6H2,(H,12,13);/q;+1/p-1. The fourth-order valence-corrected chi connectivity index (χ4v) is 1.62. The van der Waals surface area contributed by atoms with Crippen molar-refractivity contribution >= 4 is 11.7 Å². The number of aliphatic carboxylic acids is 1. The van der Waals surface area contributed by atoms with Crippen LogP contribution in [-0.2, 0) is 11.2 Å². The molecule has 0 aromatic heterocycles. The van der Waals surface area contributed by atoms with Crippen molar-refractivity contribution in [2.45, 2.75) is 18.9 Å². The minimum atomic E-state index is -1.02. The molecule has 1 aromatic rings. The van der Waals surface area contributed by atoms with Gasteiger partial charge in [0.2, 0.25) is 0 Å². The molecule has 0 spiro atoms. The number of fused-ring (bicyclic) bond motifs is 1. The molecule has 0 saturated heterocycles. The van der Waals surface area contributed by atoms with Gasteiger partial charge >= 0.3 is 29.6 Å². The normalized spacial score (nSPS) is 18.7. The maximum absolute atomic E-state index is 10.6. The molecule has 2 rings (SSSR count). The van der Waals surface area contributed by atoms with E-state index in [4.69, 9.17) is 0 Å². The van der Waals surface area contributed by atoms with Crippen LogP contribution in [0.2, 0.25) is 0 Å². The summed E-state index contributed by atoms with van der Waals surface area (Å²) in [5, 5.41) is 13.5. The molecule has 4 heteroatoms. The summed E-state index contributed by atoms with van der Waals surface area (Å²) in [6.07, 6.45) is 1.42. The summed E-state index contributed by atoms with van der Waals surface area (Å²) in [6, 6.07) is 7.22. The molecule has 3 nitrogen and oxygen atoms in total. The van der Waals surface area contributed by atoms with Gasteiger partial charge in [0.25, 0.3) is 0 Å². The quantitative estimate of drug-likeness (QED) is 0.496. The van der Waals surface area contributed by atoms with Crippen LogP contribution in [0.25, 0.3) is 0 Å². The van der Waals surface area contributed by atoms with Crippen LogP contribution in [0.1, 0.15) is 12.0 Å². The van der Waals surface area contributed by atoms with Crippen LogP contribution in [0, 0.1) is 0 Å². The molecule has 0 amide bonds. The molecule has 1 aliphatic rings. The predicted octanol–water partition coefficient (Wildman–Crippen LogP) is -2.83. The van der Waals surface area contributed by atoms with Crippen LogP contribution in [-0.4, -0.2) is 12.0 Å². The molecule has 1 unspecified atom stereocenters. The van der Waals surface area contributed by atoms with Crippen molar-refractivity contribution < 1.29 is 39.5 Å². The SMILES string of the molecule is O=C([O-])C1CCc2ccccc2N1.[Na+]. The Morgan fingerprint density at radius 3 is 2.86 bits per heavy atom. The number of hydrogen-bond acceptors (Lipinski definition) is 3. The zero-order chi connectivity index (χ0) is 9.26. The number of nitrogens with one attached hydrogen (secondary N) is 1. The maximum atomic E-state index is 10.6. The molecular formula is C10H10NNaO2. The Hall–Kier alpha value is -0.510. The Morgan fingerprint density at radius 1 is 1.43 bits per heavy atom. The van der Waals surface area contributed by atoms with Crippen LogP contribution in [0.3, 0.4) is 0 Å². The molecule has 1 atom stereocenters. The summed E-state index contributed by atoms with van der Waals surface area (Å²) in [4.78, 5) is 10.6. The zero-order valence-electron chi connectivity index (χ0n) is 8.12. The van der Waals surface area contributed by atoms with E-state index in [0.29, 0.717) is 6.42 Å². The first-order valence-electron chi connectivity index (χ1n) is 4.32. The van der Waals surface area contributed by atoms with Gasteiger partial charge in [0, 0.05) is 5.69 Å². The van der Waals surface area contributed by atoms with Crippen molar-refractivity contribution in [3.8, 4) is 0 Å². The molecule has 1 aliphatic heterocycles. The summed E-state index contributed by atoms with van der Waals surface area (Å²) in [6.45, 7) is 0. The summed E-state index contributed by atoms with van der Waals surface area (Å²) >= 11 is 0. The van der Waals surface area contributed by atoms with Gasteiger partial charge in [-0.05, 0) is 24.5 Å². The minimum absolute atomic E-state index is 0. The third kappa shape index (κ3) is 2.29. The first-order valence-corrected chi connectivity index (χ1v) is 4.32. The van der Waals surface area contributed by atoms with Gasteiger partial charge in [0.1, 0.15) is 0 Å². The van der Waals surface area contributed by atoms with E-state index in [2.05, 4.69) is 5.32 Å². The van der Waals surface area contributed by atoms with Gasteiger partial charge in [-0.3, -0.25) is 0 Å². The van der Waals surface area contributed by atoms with E-state index in [9.17, 15) is 9.90 Å². The number of rotatable bonds is 1. The van der Waals surface area contributed by atoms with E-state index in [-0.39, 0.29) is 29.6 Å². The van der Waals surface area contributed by atoms with Gasteiger partial charge in [-0.15, -0.1) is 0 Å². The monoisotopic (exact) mass is 199 g/mol. The zero-order valence-corrected chi connectivity index (χ0v) is 10.1. The smallest absolute Gasteiger partial charge is 0.548 e. The summed E-state index contributed by atoms with van der Waals surface area (Å²) < 4.78 is 0. The number of carboxylic acids is 1. The third-order valence-corrected chi connectivity index (χ3v) is 2.33. The Bertz CT molecular complexity index is 341. The second-order valence-corrected chi connectivity index (χ2v) is 3.21. The van der Waals surface area contributed by atoms with Crippen molar-refractivity contribution in [1.29, 1.82) is 0 Å². The van der Waals surface area contributed by atoms with Gasteiger partial charge < -0.3 is 15.2 Å². The number of aryl methyl sites for hydroxylation is 1. The molecule has 0 bridgehead atoms. The van der Waals surface area contributed by atoms with Crippen LogP contribution in [0.4, 0.5) is 5.69 Å². The first-order chi connectivity index (χ1) is 6.27. The van der Waals surface area contributed by atoms with E-state index in [0.717, 1.165) is 12.1 Å². The number of benzene rings is 1. The van der Waals surface area contributed by atoms with E-state index < -0.39 is 12.0 Å². The third-order valence-electron chi connectivity index (χ3n) is 2.33. The van der Waals surface area contributed by atoms with Crippen molar-refractivity contribution in [1.82, 2.24) is 0 Å². The first kappa shape index (κ1) is 11.6. The molecule has 0 radical (unpaired) electrons. The summed E-state index contributed by atoms with van der Waals surface area (Å²) in [5.41, 5.74) is 2.10. The van der Waals surface area contributed by atoms with E-state index in [1.165, 1.54) is 5.56 Å². The topological polar surface area (TPSA) is 52.2 Å². The Labute approximate surface area is 105 Å². The average molecular weight is 199 g/mol. The van der Waals surface area contributed by atoms with E-state index in [1.54, 1.807) is 0 Å². The second-order valence-electron chi connectivity index (χ2n) is 3.21. The van der Waals surface area contributed by atoms with Gasteiger partial charge in [-0.1, -0.05) is 18.2 Å². The number of para-hydroxylation sites is 1. The van der Waals surface area contributed by atoms with Crippen LogP contribution < -0.4 is 40.0 Å². The maximum Gasteiger partial charge on any atom is 1.00 e. The van der Waals surface area contributed by atoms with Crippen LogP contribution in [0.15, 0.2) is 24.3 Å². The largest absolute Gasteiger partial charge is 1.00 e. The molecule has 68 valence electrons. The molecule has 14 heavy (non-hydrogen) atoms. The molecule has 1 heterocycles.